The van der Waals surface area contributed by atoms with Crippen LogP contribution in [0.5, 0.6) is 0 Å². The monoisotopic (exact) mass is 449 g/mol. The minimum Gasteiger partial charge on any atom is -0.447 e. The number of amides is 2. The van der Waals surface area contributed by atoms with Gasteiger partial charge >= 0.3 is 6.09 Å². The zero-order chi connectivity index (χ0) is 23.2. The molecular formula is C25H31N5O3. The van der Waals surface area contributed by atoms with Gasteiger partial charge in [0.15, 0.2) is 5.96 Å². The number of likely N-dealkylation sites (N-methyl/N-ethyl adjacent to an activating group) is 1. The van der Waals surface area contributed by atoms with E-state index in [0.29, 0.717) is 25.7 Å². The van der Waals surface area contributed by atoms with E-state index in [2.05, 4.69) is 34.9 Å². The minimum absolute atomic E-state index is 0.0136. The normalized spacial score (nSPS) is 17.9. The topological polar surface area (TPSA) is 86.3 Å². The molecule has 1 aliphatic heterocycles. The first-order chi connectivity index (χ1) is 16.0. The number of hydrogen-bond acceptors (Lipinski definition) is 4. The number of fused-ring (bicyclic) bond motifs is 1. The molecule has 0 spiro atoms. The highest BCUT2D eigenvalue weighted by Gasteiger charge is 2.23. The number of carbonyl (C=O) groups is 2. The Kier molecular flexibility index (Phi) is 7.12. The van der Waals surface area contributed by atoms with E-state index in [9.17, 15) is 9.59 Å². The van der Waals surface area contributed by atoms with Crippen molar-refractivity contribution < 1.29 is 14.3 Å². The summed E-state index contributed by atoms with van der Waals surface area (Å²) in [5, 5.41) is 6.70. The van der Waals surface area contributed by atoms with E-state index >= 15 is 0 Å². The van der Waals surface area contributed by atoms with Crippen LogP contribution in [0.15, 0.2) is 53.5 Å². The van der Waals surface area contributed by atoms with Gasteiger partial charge in [-0.15, -0.1) is 0 Å². The molecule has 2 amide bonds. The molecule has 1 saturated heterocycles. The molecule has 0 bridgehead atoms. The molecule has 1 fully saturated rings. The van der Waals surface area contributed by atoms with Crippen LogP contribution in [-0.4, -0.2) is 62.7 Å². The van der Waals surface area contributed by atoms with Gasteiger partial charge in [-0.3, -0.25) is 9.69 Å². The van der Waals surface area contributed by atoms with Crippen molar-refractivity contribution in [1.29, 1.82) is 0 Å². The van der Waals surface area contributed by atoms with Crippen LogP contribution in [0.1, 0.15) is 23.1 Å². The molecule has 1 heterocycles. The van der Waals surface area contributed by atoms with Gasteiger partial charge in [0.1, 0.15) is 6.61 Å². The van der Waals surface area contributed by atoms with E-state index in [1.165, 1.54) is 11.1 Å². The quantitative estimate of drug-likeness (QED) is 0.522. The maximum atomic E-state index is 12.1. The number of carbonyl (C=O) groups excluding carboxylic acids is 2. The number of anilines is 1. The maximum Gasteiger partial charge on any atom is 0.414 e. The average molecular weight is 450 g/mol. The summed E-state index contributed by atoms with van der Waals surface area (Å²) in [6.45, 7) is 1.62. The standard InChI is InChI=1S/C25H31N5O3/c1-29(2)23(31)17-27-24(28-21-10-9-19-5-3-4-6-20(19)15-21)26-16-18-7-11-22(12-8-18)30-13-14-33-25(30)32/h3-8,11-12,21H,9-10,13-17H2,1-2H3,(H2,26,27,28). The van der Waals surface area contributed by atoms with Gasteiger partial charge in [0.25, 0.3) is 0 Å². The molecule has 0 saturated carbocycles. The number of nitrogens with zero attached hydrogens (tertiary/aromatic N) is 3. The fourth-order valence-electron chi connectivity index (χ4n) is 4.06. The average Bonchev–Trinajstić information content (AvgIpc) is 3.26. The highest BCUT2D eigenvalue weighted by molar-refractivity contribution is 5.89. The van der Waals surface area contributed by atoms with Crippen molar-refractivity contribution >= 4 is 23.6 Å². The van der Waals surface area contributed by atoms with Crippen LogP contribution in [-0.2, 0) is 28.9 Å². The summed E-state index contributed by atoms with van der Waals surface area (Å²) in [7, 11) is 3.48. The zero-order valence-electron chi connectivity index (χ0n) is 19.2. The molecule has 8 heteroatoms. The molecule has 174 valence electrons. The second kappa shape index (κ2) is 10.4. The zero-order valence-corrected chi connectivity index (χ0v) is 19.2. The first-order valence-electron chi connectivity index (χ1n) is 11.3. The van der Waals surface area contributed by atoms with Crippen LogP contribution < -0.4 is 15.5 Å². The summed E-state index contributed by atoms with van der Waals surface area (Å²) in [5.41, 5.74) is 4.60. The van der Waals surface area contributed by atoms with Crippen LogP contribution in [0, 0.1) is 0 Å². The number of hydrogen-bond donors (Lipinski definition) is 2. The Labute approximate surface area is 194 Å². The van der Waals surface area contributed by atoms with Crippen molar-refractivity contribution in [3.63, 3.8) is 0 Å². The lowest BCUT2D eigenvalue weighted by molar-refractivity contribution is -0.127. The SMILES string of the molecule is CN(C)C(=O)CNC(=NCc1ccc(N2CCOC2=O)cc1)NC1CCc2ccccc2C1. The van der Waals surface area contributed by atoms with Gasteiger partial charge in [-0.25, -0.2) is 9.79 Å². The molecule has 33 heavy (non-hydrogen) atoms. The van der Waals surface area contributed by atoms with Crippen LogP contribution in [0.3, 0.4) is 0 Å². The Bertz CT molecular complexity index is 1020. The highest BCUT2D eigenvalue weighted by atomic mass is 16.6. The number of benzene rings is 2. The van der Waals surface area contributed by atoms with Crippen molar-refractivity contribution in [2.75, 3.05) is 38.7 Å². The summed E-state index contributed by atoms with van der Waals surface area (Å²) >= 11 is 0. The van der Waals surface area contributed by atoms with Crippen molar-refractivity contribution in [2.45, 2.75) is 31.8 Å². The van der Waals surface area contributed by atoms with E-state index in [4.69, 9.17) is 9.73 Å². The molecular weight excluding hydrogens is 418 g/mol. The number of guanidine groups is 1. The Hall–Kier alpha value is -3.55. The van der Waals surface area contributed by atoms with Crippen molar-refractivity contribution in [3.05, 3.63) is 65.2 Å². The third-order valence-corrected chi connectivity index (χ3v) is 6.02. The lowest BCUT2D eigenvalue weighted by Crippen LogP contribution is -2.48. The Balaban J connectivity index is 1.42. The smallest absolute Gasteiger partial charge is 0.414 e. The number of aryl methyl sites for hydroxylation is 1. The molecule has 2 aromatic rings. The first kappa shape index (κ1) is 22.6. The van der Waals surface area contributed by atoms with Crippen molar-refractivity contribution in [1.82, 2.24) is 15.5 Å². The molecule has 4 rings (SSSR count). The molecule has 2 aliphatic rings. The fraction of sp³-hybridized carbons (Fsp3) is 0.400. The predicted molar refractivity (Wildman–Crippen MR) is 128 cm³/mol. The largest absolute Gasteiger partial charge is 0.447 e. The Morgan fingerprint density at radius 2 is 1.91 bits per heavy atom. The first-order valence-corrected chi connectivity index (χ1v) is 11.3. The van der Waals surface area contributed by atoms with Crippen LogP contribution in [0.25, 0.3) is 0 Å². The maximum absolute atomic E-state index is 12.1. The van der Waals surface area contributed by atoms with E-state index in [1.54, 1.807) is 23.9 Å². The third-order valence-electron chi connectivity index (χ3n) is 6.02. The van der Waals surface area contributed by atoms with Gasteiger partial charge in [-0.05, 0) is 48.1 Å². The second-order valence-electron chi connectivity index (χ2n) is 8.59. The Morgan fingerprint density at radius 3 is 2.61 bits per heavy atom. The van der Waals surface area contributed by atoms with E-state index in [0.717, 1.165) is 30.5 Å². The van der Waals surface area contributed by atoms with E-state index in [-0.39, 0.29) is 24.6 Å². The molecule has 0 radical (unpaired) electrons. The number of rotatable bonds is 6. The van der Waals surface area contributed by atoms with Gasteiger partial charge < -0.3 is 20.3 Å². The van der Waals surface area contributed by atoms with Crippen LogP contribution in [0.4, 0.5) is 10.5 Å². The van der Waals surface area contributed by atoms with Crippen molar-refractivity contribution in [3.8, 4) is 0 Å². The molecule has 8 nitrogen and oxygen atoms in total. The highest BCUT2D eigenvalue weighted by Crippen LogP contribution is 2.21. The van der Waals surface area contributed by atoms with Crippen LogP contribution >= 0.6 is 0 Å². The Morgan fingerprint density at radius 1 is 1.15 bits per heavy atom. The summed E-state index contributed by atoms with van der Waals surface area (Å²) in [6.07, 6.45) is 2.66. The lowest BCUT2D eigenvalue weighted by atomic mass is 9.88. The number of ether oxygens (including phenoxy) is 1. The minimum atomic E-state index is -0.309. The number of aliphatic imine (C=N–C) groups is 1. The van der Waals surface area contributed by atoms with E-state index in [1.807, 2.05) is 24.3 Å². The van der Waals surface area contributed by atoms with Gasteiger partial charge in [0.2, 0.25) is 5.91 Å². The molecule has 2 N–H and O–H groups in total. The van der Waals surface area contributed by atoms with Gasteiger partial charge in [0.05, 0.1) is 19.6 Å². The number of nitrogens with one attached hydrogen (secondary N) is 2. The van der Waals surface area contributed by atoms with Gasteiger partial charge in [0, 0.05) is 25.8 Å². The van der Waals surface area contributed by atoms with Gasteiger partial charge in [-0.2, -0.15) is 0 Å². The summed E-state index contributed by atoms with van der Waals surface area (Å²) in [6, 6.07) is 16.5. The molecule has 1 atom stereocenters. The molecule has 2 aromatic carbocycles. The van der Waals surface area contributed by atoms with Gasteiger partial charge in [-0.1, -0.05) is 36.4 Å². The summed E-state index contributed by atoms with van der Waals surface area (Å²) < 4.78 is 5.00. The fourth-order valence-corrected chi connectivity index (χ4v) is 4.06. The summed E-state index contributed by atoms with van der Waals surface area (Å²) in [5.74, 6) is 0.613. The summed E-state index contributed by atoms with van der Waals surface area (Å²) in [4.78, 5) is 31.8. The number of cyclic esters (lactones) is 1. The van der Waals surface area contributed by atoms with E-state index < -0.39 is 0 Å². The second-order valence-corrected chi connectivity index (χ2v) is 8.59. The molecule has 1 unspecified atom stereocenters. The predicted octanol–water partition coefficient (Wildman–Crippen LogP) is 2.32. The molecule has 0 aromatic heterocycles. The van der Waals surface area contributed by atoms with Crippen molar-refractivity contribution in [2.24, 2.45) is 4.99 Å². The lowest BCUT2D eigenvalue weighted by Gasteiger charge is -2.27. The van der Waals surface area contributed by atoms with Crippen LogP contribution in [0.2, 0.25) is 0 Å². The molecule has 1 aliphatic carbocycles. The third kappa shape index (κ3) is 5.83.